The fraction of sp³-hybridized carbons (Fsp3) is 0.250. The van der Waals surface area contributed by atoms with Crippen LogP contribution in [0.1, 0.15) is 11.6 Å². The molecule has 0 aromatic heterocycles. The lowest BCUT2D eigenvalue weighted by Crippen LogP contribution is -2.28. The zero-order chi connectivity index (χ0) is 11.8. The van der Waals surface area contributed by atoms with Crippen molar-refractivity contribution in [3.05, 3.63) is 29.3 Å². The van der Waals surface area contributed by atoms with Crippen molar-refractivity contribution < 1.29 is 27.1 Å². The molecule has 1 atom stereocenters. The van der Waals surface area contributed by atoms with E-state index >= 15 is 0 Å². The number of phenolic OH excluding ortho intramolecular Hbond substituents is 1. The van der Waals surface area contributed by atoms with E-state index in [2.05, 4.69) is 0 Å². The molecule has 0 saturated heterocycles. The second-order valence-electron chi connectivity index (χ2n) is 2.86. The molecule has 0 amide bonds. The standard InChI is InChI=1S/C8H6F5NO/c9-4-1-3(2-5(15)6(4)10)7(14)8(11,12)13/h1-2,7,15H,14H2/t7-/m1/s1. The first kappa shape index (κ1) is 11.7. The molecule has 0 bridgehead atoms. The van der Waals surface area contributed by atoms with Gasteiger partial charge in [0.05, 0.1) is 0 Å². The van der Waals surface area contributed by atoms with Crippen LogP contribution in [0.2, 0.25) is 0 Å². The first-order chi connectivity index (χ1) is 6.73. The molecule has 0 fully saturated rings. The number of hydrogen-bond acceptors (Lipinski definition) is 2. The first-order valence-electron chi connectivity index (χ1n) is 3.73. The molecule has 1 rings (SSSR count). The monoisotopic (exact) mass is 227 g/mol. The number of rotatable bonds is 1. The summed E-state index contributed by atoms with van der Waals surface area (Å²) in [5.74, 6) is -4.39. The van der Waals surface area contributed by atoms with Crippen molar-refractivity contribution in [2.45, 2.75) is 12.2 Å². The van der Waals surface area contributed by atoms with Crippen molar-refractivity contribution in [3.63, 3.8) is 0 Å². The van der Waals surface area contributed by atoms with E-state index in [1.165, 1.54) is 0 Å². The van der Waals surface area contributed by atoms with Gasteiger partial charge in [0, 0.05) is 0 Å². The quantitative estimate of drug-likeness (QED) is 0.722. The Labute approximate surface area is 81.1 Å². The summed E-state index contributed by atoms with van der Waals surface area (Å²) in [5, 5.41) is 8.76. The minimum Gasteiger partial charge on any atom is -0.505 e. The minimum absolute atomic E-state index is 0.299. The molecule has 0 unspecified atom stereocenters. The van der Waals surface area contributed by atoms with Crippen LogP contribution in [0.15, 0.2) is 12.1 Å². The van der Waals surface area contributed by atoms with Gasteiger partial charge in [0.15, 0.2) is 17.4 Å². The maximum absolute atomic E-state index is 12.6. The average molecular weight is 227 g/mol. The Hall–Kier alpha value is -1.37. The van der Waals surface area contributed by atoms with Crippen molar-refractivity contribution in [1.82, 2.24) is 0 Å². The van der Waals surface area contributed by atoms with Crippen LogP contribution < -0.4 is 5.73 Å². The van der Waals surface area contributed by atoms with Crippen LogP contribution in [0.25, 0.3) is 0 Å². The second kappa shape index (κ2) is 3.65. The van der Waals surface area contributed by atoms with Crippen LogP contribution in [-0.2, 0) is 0 Å². The Balaban J connectivity index is 3.17. The molecule has 7 heteroatoms. The summed E-state index contributed by atoms with van der Waals surface area (Å²) in [5.41, 5.74) is 4.00. The number of aromatic hydroxyl groups is 1. The van der Waals surface area contributed by atoms with Crippen LogP contribution >= 0.6 is 0 Å². The van der Waals surface area contributed by atoms with Crippen molar-refractivity contribution in [2.75, 3.05) is 0 Å². The molecular weight excluding hydrogens is 221 g/mol. The number of nitrogens with two attached hydrogens (primary N) is 1. The number of phenols is 1. The van der Waals surface area contributed by atoms with E-state index < -0.39 is 35.2 Å². The average Bonchev–Trinajstić information content (AvgIpc) is 2.10. The smallest absolute Gasteiger partial charge is 0.407 e. The zero-order valence-corrected chi connectivity index (χ0v) is 7.15. The third kappa shape index (κ3) is 2.35. The predicted molar refractivity (Wildman–Crippen MR) is 41.0 cm³/mol. The highest BCUT2D eigenvalue weighted by atomic mass is 19.4. The van der Waals surface area contributed by atoms with Gasteiger partial charge < -0.3 is 10.8 Å². The highest BCUT2D eigenvalue weighted by molar-refractivity contribution is 5.32. The highest BCUT2D eigenvalue weighted by Crippen LogP contribution is 2.33. The van der Waals surface area contributed by atoms with Crippen LogP contribution in [-0.4, -0.2) is 11.3 Å². The molecule has 0 aliphatic carbocycles. The Morgan fingerprint density at radius 1 is 1.20 bits per heavy atom. The molecule has 3 N–H and O–H groups in total. The molecule has 0 saturated carbocycles. The summed E-state index contributed by atoms with van der Waals surface area (Å²) in [4.78, 5) is 0. The molecule has 1 aromatic carbocycles. The lowest BCUT2D eigenvalue weighted by Gasteiger charge is -2.16. The van der Waals surface area contributed by atoms with Gasteiger partial charge in [-0.3, -0.25) is 0 Å². The molecule has 15 heavy (non-hydrogen) atoms. The summed E-state index contributed by atoms with van der Waals surface area (Å²) in [6.45, 7) is 0. The molecule has 0 aliphatic heterocycles. The van der Waals surface area contributed by atoms with E-state index in [1.807, 2.05) is 0 Å². The van der Waals surface area contributed by atoms with E-state index in [1.54, 1.807) is 0 Å². The third-order valence-electron chi connectivity index (χ3n) is 1.74. The Morgan fingerprint density at radius 2 is 1.73 bits per heavy atom. The molecule has 2 nitrogen and oxygen atoms in total. The molecule has 0 heterocycles. The number of benzene rings is 1. The summed E-state index contributed by atoms with van der Waals surface area (Å²) in [7, 11) is 0. The fourth-order valence-corrected chi connectivity index (χ4v) is 0.963. The van der Waals surface area contributed by atoms with Gasteiger partial charge in [0.2, 0.25) is 0 Å². The number of halogens is 5. The maximum atomic E-state index is 12.6. The molecule has 0 radical (unpaired) electrons. The Kier molecular flexibility index (Phi) is 2.85. The lowest BCUT2D eigenvalue weighted by atomic mass is 10.1. The second-order valence-corrected chi connectivity index (χ2v) is 2.86. The van der Waals surface area contributed by atoms with Gasteiger partial charge in [-0.1, -0.05) is 0 Å². The predicted octanol–water partition coefficient (Wildman–Crippen LogP) is 2.23. The van der Waals surface area contributed by atoms with Gasteiger partial charge in [0.1, 0.15) is 6.04 Å². The van der Waals surface area contributed by atoms with Crippen LogP contribution in [0.5, 0.6) is 5.75 Å². The van der Waals surface area contributed by atoms with Gasteiger partial charge in [0.25, 0.3) is 0 Å². The molecular formula is C8H6F5NO. The molecule has 0 aliphatic rings. The normalized spacial score (nSPS) is 14.0. The van der Waals surface area contributed by atoms with Crippen LogP contribution in [0.3, 0.4) is 0 Å². The third-order valence-corrected chi connectivity index (χ3v) is 1.74. The van der Waals surface area contributed by atoms with Gasteiger partial charge >= 0.3 is 6.18 Å². The van der Waals surface area contributed by atoms with Gasteiger partial charge in [-0.05, 0) is 17.7 Å². The van der Waals surface area contributed by atoms with Gasteiger partial charge in [-0.25, -0.2) is 4.39 Å². The molecule has 0 spiro atoms. The van der Waals surface area contributed by atoms with Crippen LogP contribution in [0, 0.1) is 11.6 Å². The number of hydrogen-bond donors (Lipinski definition) is 2. The van der Waals surface area contributed by atoms with E-state index in [9.17, 15) is 22.0 Å². The van der Waals surface area contributed by atoms with Crippen molar-refractivity contribution in [3.8, 4) is 5.75 Å². The Morgan fingerprint density at radius 3 is 2.13 bits per heavy atom. The summed E-state index contributed by atoms with van der Waals surface area (Å²) in [6.07, 6.45) is -4.78. The summed E-state index contributed by atoms with van der Waals surface area (Å²) >= 11 is 0. The number of alkyl halides is 3. The topological polar surface area (TPSA) is 46.2 Å². The summed E-state index contributed by atoms with van der Waals surface area (Å²) in [6, 6.07) is -1.72. The van der Waals surface area contributed by atoms with Crippen LogP contribution in [0.4, 0.5) is 22.0 Å². The fourth-order valence-electron chi connectivity index (χ4n) is 0.963. The first-order valence-corrected chi connectivity index (χ1v) is 3.73. The zero-order valence-electron chi connectivity index (χ0n) is 7.15. The van der Waals surface area contributed by atoms with E-state index in [-0.39, 0.29) is 0 Å². The Bertz CT molecular complexity index is 353. The van der Waals surface area contributed by atoms with E-state index in [4.69, 9.17) is 10.8 Å². The van der Waals surface area contributed by atoms with Crippen molar-refractivity contribution >= 4 is 0 Å². The van der Waals surface area contributed by atoms with E-state index in [0.29, 0.717) is 12.1 Å². The highest BCUT2D eigenvalue weighted by Gasteiger charge is 2.38. The lowest BCUT2D eigenvalue weighted by molar-refractivity contribution is -0.149. The minimum atomic E-state index is -4.78. The van der Waals surface area contributed by atoms with Gasteiger partial charge in [-0.15, -0.1) is 0 Å². The van der Waals surface area contributed by atoms with Crippen molar-refractivity contribution in [2.24, 2.45) is 5.73 Å². The van der Waals surface area contributed by atoms with E-state index in [0.717, 1.165) is 0 Å². The van der Waals surface area contributed by atoms with Crippen molar-refractivity contribution in [1.29, 1.82) is 0 Å². The SMILES string of the molecule is N[C@H](c1cc(O)c(F)c(F)c1)C(F)(F)F. The summed E-state index contributed by atoms with van der Waals surface area (Å²) < 4.78 is 61.4. The molecule has 84 valence electrons. The van der Waals surface area contributed by atoms with Gasteiger partial charge in [-0.2, -0.15) is 17.6 Å². The maximum Gasteiger partial charge on any atom is 0.407 e. The molecule has 1 aromatic rings. The largest absolute Gasteiger partial charge is 0.505 e.